The first-order chi connectivity index (χ1) is 9.08. The van der Waals surface area contributed by atoms with E-state index in [0.717, 1.165) is 11.8 Å². The number of aromatic nitrogens is 2. The van der Waals surface area contributed by atoms with Gasteiger partial charge in [0, 0.05) is 12.5 Å². The van der Waals surface area contributed by atoms with Gasteiger partial charge in [-0.25, -0.2) is 4.79 Å². The Bertz CT molecular complexity index is 615. The fourth-order valence-corrected chi connectivity index (χ4v) is 1.98. The summed E-state index contributed by atoms with van der Waals surface area (Å²) in [4.78, 5) is 11.2. The van der Waals surface area contributed by atoms with Gasteiger partial charge in [-0.2, -0.15) is 0 Å². The van der Waals surface area contributed by atoms with Crippen molar-refractivity contribution in [2.45, 2.75) is 25.5 Å². The van der Waals surface area contributed by atoms with Gasteiger partial charge in [0.15, 0.2) is 0 Å². The van der Waals surface area contributed by atoms with E-state index in [-0.39, 0.29) is 10.1 Å². The number of furan rings is 1. The zero-order chi connectivity index (χ0) is 13.8. The van der Waals surface area contributed by atoms with Crippen molar-refractivity contribution >= 4 is 23.8 Å². The lowest BCUT2D eigenvalue weighted by Crippen LogP contribution is -1.96. The first kappa shape index (κ1) is 13.4. The predicted molar refractivity (Wildman–Crippen MR) is 68.6 cm³/mol. The van der Waals surface area contributed by atoms with Crippen LogP contribution in [0.1, 0.15) is 24.3 Å². The van der Waals surface area contributed by atoms with Crippen LogP contribution < -0.4 is 0 Å². The van der Waals surface area contributed by atoms with Gasteiger partial charge >= 0.3 is 5.97 Å². The third kappa shape index (κ3) is 3.47. The summed E-state index contributed by atoms with van der Waals surface area (Å²) in [5.41, 5.74) is 0. The molecule has 2 heterocycles. The number of carbonyl (C=O) groups is 1. The minimum atomic E-state index is -1.07. The number of nitrogens with zero attached hydrogens (tertiary/aromatic N) is 2. The minimum absolute atomic E-state index is 0.0562. The van der Waals surface area contributed by atoms with Gasteiger partial charge in [0.2, 0.25) is 5.89 Å². The van der Waals surface area contributed by atoms with Crippen molar-refractivity contribution < 1.29 is 18.7 Å². The predicted octanol–water partition coefficient (Wildman–Crippen LogP) is 2.75. The fraction of sp³-hybridized carbons (Fsp3) is 0.250. The molecule has 0 atom stereocenters. The fourth-order valence-electron chi connectivity index (χ4n) is 1.31. The van der Waals surface area contributed by atoms with E-state index in [1.165, 1.54) is 6.08 Å². The molecule has 0 saturated heterocycles. The Morgan fingerprint density at radius 2 is 2.21 bits per heavy atom. The highest BCUT2D eigenvalue weighted by atomic mass is 32.2. The van der Waals surface area contributed by atoms with E-state index in [1.54, 1.807) is 19.1 Å². The Kier molecular flexibility index (Phi) is 4.06. The van der Waals surface area contributed by atoms with Crippen LogP contribution in [0.4, 0.5) is 0 Å². The standard InChI is InChI=1S/C12H12N2O4S/c1-3-10-13-14-12(18-10)19-9(11(15)16)6-8-5-4-7(2)17-8/h4-6H,3H2,1-2H3,(H,15,16)/b9-6-. The van der Waals surface area contributed by atoms with E-state index >= 15 is 0 Å². The molecule has 7 heteroatoms. The molecule has 0 aromatic carbocycles. The van der Waals surface area contributed by atoms with Crippen molar-refractivity contribution in [2.24, 2.45) is 0 Å². The van der Waals surface area contributed by atoms with Gasteiger partial charge in [0.25, 0.3) is 5.22 Å². The Morgan fingerprint density at radius 1 is 1.42 bits per heavy atom. The molecule has 1 N–H and O–H groups in total. The molecule has 0 bridgehead atoms. The normalized spacial score (nSPS) is 11.8. The molecule has 19 heavy (non-hydrogen) atoms. The van der Waals surface area contributed by atoms with Crippen molar-refractivity contribution in [2.75, 3.05) is 0 Å². The van der Waals surface area contributed by atoms with Crippen LogP contribution in [0.5, 0.6) is 0 Å². The van der Waals surface area contributed by atoms with E-state index in [2.05, 4.69) is 10.2 Å². The molecule has 100 valence electrons. The molecule has 0 amide bonds. The number of rotatable bonds is 5. The smallest absolute Gasteiger partial charge is 0.342 e. The highest BCUT2D eigenvalue weighted by Gasteiger charge is 2.15. The lowest BCUT2D eigenvalue weighted by Gasteiger charge is -1.96. The molecule has 0 radical (unpaired) electrons. The quantitative estimate of drug-likeness (QED) is 0.665. The van der Waals surface area contributed by atoms with Crippen LogP contribution in [-0.4, -0.2) is 21.3 Å². The maximum Gasteiger partial charge on any atom is 0.342 e. The number of carboxylic acids is 1. The minimum Gasteiger partial charge on any atom is -0.477 e. The topological polar surface area (TPSA) is 89.4 Å². The number of carboxylic acid groups (broad SMARTS) is 1. The van der Waals surface area contributed by atoms with E-state index in [1.807, 2.05) is 6.92 Å². The summed E-state index contributed by atoms with van der Waals surface area (Å²) in [5.74, 6) is 0.584. The average Bonchev–Trinajstić information content (AvgIpc) is 2.97. The maximum atomic E-state index is 11.2. The lowest BCUT2D eigenvalue weighted by molar-refractivity contribution is -0.131. The highest BCUT2D eigenvalue weighted by molar-refractivity contribution is 8.03. The highest BCUT2D eigenvalue weighted by Crippen LogP contribution is 2.27. The zero-order valence-electron chi connectivity index (χ0n) is 10.4. The van der Waals surface area contributed by atoms with Gasteiger partial charge in [0.05, 0.1) is 0 Å². The molecule has 2 aromatic rings. The van der Waals surface area contributed by atoms with E-state index in [9.17, 15) is 4.79 Å². The third-order valence-corrected chi connectivity index (χ3v) is 3.05. The van der Waals surface area contributed by atoms with Crippen molar-refractivity contribution in [3.63, 3.8) is 0 Å². The number of thioether (sulfide) groups is 1. The maximum absolute atomic E-state index is 11.2. The molecule has 0 fully saturated rings. The second-order valence-electron chi connectivity index (χ2n) is 3.68. The zero-order valence-corrected chi connectivity index (χ0v) is 11.2. The lowest BCUT2D eigenvalue weighted by atomic mass is 10.4. The monoisotopic (exact) mass is 280 g/mol. The van der Waals surface area contributed by atoms with E-state index in [0.29, 0.717) is 23.8 Å². The first-order valence-electron chi connectivity index (χ1n) is 5.60. The van der Waals surface area contributed by atoms with E-state index < -0.39 is 5.97 Å². The molecule has 0 saturated carbocycles. The molecular weight excluding hydrogens is 268 g/mol. The summed E-state index contributed by atoms with van der Waals surface area (Å²) in [5, 5.41) is 16.9. The van der Waals surface area contributed by atoms with E-state index in [4.69, 9.17) is 13.9 Å². The number of aryl methyl sites for hydroxylation is 2. The molecule has 0 aliphatic rings. The Balaban J connectivity index is 2.21. The van der Waals surface area contributed by atoms with Gasteiger partial charge in [-0.05, 0) is 30.8 Å². The summed E-state index contributed by atoms with van der Waals surface area (Å²) in [7, 11) is 0. The van der Waals surface area contributed by atoms with Crippen LogP contribution in [0.2, 0.25) is 0 Å². The number of hydrogen-bond acceptors (Lipinski definition) is 6. The van der Waals surface area contributed by atoms with Gasteiger partial charge in [-0.3, -0.25) is 0 Å². The molecule has 6 nitrogen and oxygen atoms in total. The molecule has 2 rings (SSSR count). The Labute approximate surface area is 113 Å². The Hall–Kier alpha value is -2.02. The van der Waals surface area contributed by atoms with Gasteiger partial charge < -0.3 is 13.9 Å². The van der Waals surface area contributed by atoms with Crippen LogP contribution in [0.15, 0.2) is 31.1 Å². The average molecular weight is 280 g/mol. The molecule has 0 spiro atoms. The van der Waals surface area contributed by atoms with Crippen LogP contribution in [0.3, 0.4) is 0 Å². The summed E-state index contributed by atoms with van der Waals surface area (Å²) in [6, 6.07) is 3.46. The van der Waals surface area contributed by atoms with Crippen LogP contribution >= 0.6 is 11.8 Å². The molecular formula is C12H12N2O4S. The largest absolute Gasteiger partial charge is 0.477 e. The molecule has 0 aliphatic carbocycles. The van der Waals surface area contributed by atoms with Gasteiger partial charge in [-0.1, -0.05) is 6.92 Å². The van der Waals surface area contributed by atoms with Gasteiger partial charge in [-0.15, -0.1) is 10.2 Å². The SMILES string of the molecule is CCc1nnc(S/C(=C\c2ccc(C)o2)C(=O)O)o1. The molecule has 0 unspecified atom stereocenters. The molecule has 2 aromatic heterocycles. The van der Waals surface area contributed by atoms with Crippen LogP contribution in [0, 0.1) is 6.92 Å². The van der Waals surface area contributed by atoms with Crippen molar-refractivity contribution in [1.82, 2.24) is 10.2 Å². The Morgan fingerprint density at radius 3 is 2.74 bits per heavy atom. The third-order valence-electron chi connectivity index (χ3n) is 2.19. The summed E-state index contributed by atoms with van der Waals surface area (Å²) >= 11 is 0.898. The summed E-state index contributed by atoms with van der Waals surface area (Å²) < 4.78 is 10.6. The second kappa shape index (κ2) is 5.75. The number of hydrogen-bond donors (Lipinski definition) is 1. The number of aliphatic carboxylic acids is 1. The van der Waals surface area contributed by atoms with Crippen molar-refractivity contribution in [1.29, 1.82) is 0 Å². The second-order valence-corrected chi connectivity index (χ2v) is 4.67. The van der Waals surface area contributed by atoms with Crippen molar-refractivity contribution in [3.05, 3.63) is 34.4 Å². The van der Waals surface area contributed by atoms with Crippen molar-refractivity contribution in [3.8, 4) is 0 Å². The summed E-state index contributed by atoms with van der Waals surface area (Å²) in [6.07, 6.45) is 2.03. The first-order valence-corrected chi connectivity index (χ1v) is 6.41. The van der Waals surface area contributed by atoms with Crippen LogP contribution in [-0.2, 0) is 11.2 Å². The summed E-state index contributed by atoms with van der Waals surface area (Å²) in [6.45, 7) is 3.66. The van der Waals surface area contributed by atoms with Crippen LogP contribution in [0.25, 0.3) is 6.08 Å². The van der Waals surface area contributed by atoms with Gasteiger partial charge in [0.1, 0.15) is 16.4 Å². The molecule has 0 aliphatic heterocycles.